The van der Waals surface area contributed by atoms with Crippen molar-refractivity contribution < 1.29 is 19.1 Å². The summed E-state index contributed by atoms with van der Waals surface area (Å²) in [6.45, 7) is 1.53. The number of hydrogen-bond acceptors (Lipinski definition) is 5. The van der Waals surface area contributed by atoms with Crippen LogP contribution in [-0.4, -0.2) is 42.3 Å². The van der Waals surface area contributed by atoms with Gasteiger partial charge >= 0.3 is 5.97 Å². The molecule has 1 aliphatic rings. The lowest BCUT2D eigenvalue weighted by atomic mass is 10.1. The fourth-order valence-corrected chi connectivity index (χ4v) is 5.43. The van der Waals surface area contributed by atoms with Gasteiger partial charge in [0.1, 0.15) is 0 Å². The Balaban J connectivity index is 1.39. The number of esters is 1. The predicted octanol–water partition coefficient (Wildman–Crippen LogP) is 5.34. The number of methoxy groups -OCH3 is 1. The third-order valence-corrected chi connectivity index (χ3v) is 7.39. The summed E-state index contributed by atoms with van der Waals surface area (Å²) in [6, 6.07) is 27.7. The Bertz CT molecular complexity index is 1090. The Hall–Kier alpha value is -3.09. The molecule has 2 unspecified atom stereocenters. The number of thioether (sulfide) groups is 1. The van der Waals surface area contributed by atoms with Crippen LogP contribution >= 0.6 is 11.8 Å². The number of rotatable bonds is 11. The van der Waals surface area contributed by atoms with Crippen molar-refractivity contribution in [1.29, 1.82) is 0 Å². The molecule has 1 heterocycles. The van der Waals surface area contributed by atoms with Crippen molar-refractivity contribution in [1.82, 2.24) is 4.90 Å². The Morgan fingerprint density at radius 3 is 2.23 bits per heavy atom. The van der Waals surface area contributed by atoms with Crippen molar-refractivity contribution in [3.63, 3.8) is 0 Å². The van der Waals surface area contributed by atoms with Crippen LogP contribution in [0.4, 0.5) is 0 Å². The molecule has 2 atom stereocenters. The van der Waals surface area contributed by atoms with Gasteiger partial charge in [-0.1, -0.05) is 72.8 Å². The Kier molecular flexibility index (Phi) is 8.98. The zero-order chi connectivity index (χ0) is 24.5. The molecule has 0 aromatic heterocycles. The molecule has 3 aromatic rings. The fraction of sp³-hybridized carbons (Fsp3) is 0.310. The minimum absolute atomic E-state index is 0.0221. The number of hydrogen-bond donors (Lipinski definition) is 0. The van der Waals surface area contributed by atoms with E-state index in [0.717, 1.165) is 29.1 Å². The zero-order valence-electron chi connectivity index (χ0n) is 20.0. The van der Waals surface area contributed by atoms with E-state index >= 15 is 0 Å². The first-order valence-electron chi connectivity index (χ1n) is 11.8. The second-order valence-corrected chi connectivity index (χ2v) is 9.77. The lowest BCUT2D eigenvalue weighted by molar-refractivity contribution is -0.132. The Morgan fingerprint density at radius 2 is 1.57 bits per heavy atom. The standard InChI is InChI=1S/C29H31NO4S/c1-33-29(32)25-14-12-22(13-15-25)17-30-27(19-34-18-23-8-4-2-5-9-23)16-26(28(30)31)21-35-20-24-10-6-3-7-11-24/h2-15,26-27H,16-21H2,1H3. The van der Waals surface area contributed by atoms with Gasteiger partial charge in [-0.2, -0.15) is 11.8 Å². The van der Waals surface area contributed by atoms with Gasteiger partial charge in [0.2, 0.25) is 5.91 Å². The Labute approximate surface area is 211 Å². The van der Waals surface area contributed by atoms with Crippen LogP contribution in [0.15, 0.2) is 84.9 Å². The van der Waals surface area contributed by atoms with Gasteiger partial charge in [0.25, 0.3) is 0 Å². The molecule has 5 nitrogen and oxygen atoms in total. The molecule has 0 spiro atoms. The molecule has 1 saturated heterocycles. The van der Waals surface area contributed by atoms with Crippen molar-refractivity contribution in [3.05, 3.63) is 107 Å². The van der Waals surface area contributed by atoms with Crippen LogP contribution in [0.3, 0.4) is 0 Å². The molecule has 1 amide bonds. The molecule has 4 rings (SSSR count). The molecule has 0 radical (unpaired) electrons. The van der Waals surface area contributed by atoms with Crippen LogP contribution < -0.4 is 0 Å². The van der Waals surface area contributed by atoms with Crippen molar-refractivity contribution in [3.8, 4) is 0 Å². The lowest BCUT2D eigenvalue weighted by Gasteiger charge is -2.25. The number of nitrogens with zero attached hydrogens (tertiary/aromatic N) is 1. The fourth-order valence-electron chi connectivity index (χ4n) is 4.32. The van der Waals surface area contributed by atoms with Gasteiger partial charge in [-0.15, -0.1) is 0 Å². The van der Waals surface area contributed by atoms with Crippen LogP contribution in [0.5, 0.6) is 0 Å². The summed E-state index contributed by atoms with van der Waals surface area (Å²) >= 11 is 1.81. The average molecular weight is 490 g/mol. The van der Waals surface area contributed by atoms with E-state index in [-0.39, 0.29) is 23.8 Å². The lowest BCUT2D eigenvalue weighted by Crippen LogP contribution is -2.36. The highest BCUT2D eigenvalue weighted by Crippen LogP contribution is 2.31. The summed E-state index contributed by atoms with van der Waals surface area (Å²) in [7, 11) is 1.37. The largest absolute Gasteiger partial charge is 0.465 e. The second kappa shape index (κ2) is 12.6. The maximum absolute atomic E-state index is 13.4. The molecule has 6 heteroatoms. The van der Waals surface area contributed by atoms with Crippen molar-refractivity contribution >= 4 is 23.6 Å². The van der Waals surface area contributed by atoms with Crippen LogP contribution in [0, 0.1) is 5.92 Å². The van der Waals surface area contributed by atoms with E-state index < -0.39 is 0 Å². The van der Waals surface area contributed by atoms with Crippen molar-refractivity contribution in [2.75, 3.05) is 19.5 Å². The quantitative estimate of drug-likeness (QED) is 0.340. The maximum atomic E-state index is 13.4. The monoisotopic (exact) mass is 489 g/mol. The molecular formula is C29H31NO4S. The summed E-state index contributed by atoms with van der Waals surface area (Å²) in [5, 5.41) is 0. The molecule has 0 N–H and O–H groups in total. The van der Waals surface area contributed by atoms with Gasteiger partial charge in [0, 0.05) is 24.0 Å². The summed E-state index contributed by atoms with van der Waals surface area (Å²) < 4.78 is 10.8. The van der Waals surface area contributed by atoms with Gasteiger partial charge in [-0.05, 0) is 35.2 Å². The molecule has 35 heavy (non-hydrogen) atoms. The minimum Gasteiger partial charge on any atom is -0.465 e. The zero-order valence-corrected chi connectivity index (χ0v) is 20.8. The minimum atomic E-state index is -0.364. The van der Waals surface area contributed by atoms with E-state index in [1.807, 2.05) is 65.6 Å². The van der Waals surface area contributed by atoms with Crippen molar-refractivity contribution in [2.45, 2.75) is 31.4 Å². The molecule has 3 aromatic carbocycles. The van der Waals surface area contributed by atoms with Gasteiger partial charge in [-0.25, -0.2) is 4.79 Å². The molecular weight excluding hydrogens is 458 g/mol. The van der Waals surface area contributed by atoms with Crippen LogP contribution in [0.2, 0.25) is 0 Å². The highest BCUT2D eigenvalue weighted by atomic mass is 32.2. The van der Waals surface area contributed by atoms with Crippen LogP contribution in [0.1, 0.15) is 33.5 Å². The first-order valence-corrected chi connectivity index (χ1v) is 13.0. The van der Waals surface area contributed by atoms with Gasteiger partial charge in [0.15, 0.2) is 0 Å². The van der Waals surface area contributed by atoms with E-state index in [1.54, 1.807) is 23.9 Å². The van der Waals surface area contributed by atoms with Crippen LogP contribution in [0.25, 0.3) is 0 Å². The van der Waals surface area contributed by atoms with Crippen molar-refractivity contribution in [2.24, 2.45) is 5.92 Å². The molecule has 0 aliphatic carbocycles. The van der Waals surface area contributed by atoms with E-state index in [2.05, 4.69) is 12.1 Å². The smallest absolute Gasteiger partial charge is 0.337 e. The SMILES string of the molecule is COC(=O)c1ccc(CN2C(=O)C(CSCc3ccccc3)CC2COCc2ccccc2)cc1. The molecule has 0 bridgehead atoms. The number of benzene rings is 3. The molecule has 182 valence electrons. The number of carbonyl (C=O) groups is 2. The highest BCUT2D eigenvalue weighted by molar-refractivity contribution is 7.98. The van der Waals surface area contributed by atoms with Gasteiger partial charge in [0.05, 0.1) is 31.9 Å². The van der Waals surface area contributed by atoms with Crippen LogP contribution in [-0.2, 0) is 33.2 Å². The average Bonchev–Trinajstić information content (AvgIpc) is 3.19. The second-order valence-electron chi connectivity index (χ2n) is 8.74. The molecule has 1 aliphatic heterocycles. The summed E-state index contributed by atoms with van der Waals surface area (Å²) in [4.78, 5) is 27.1. The summed E-state index contributed by atoms with van der Waals surface area (Å²) in [5.41, 5.74) is 3.88. The number of amides is 1. The normalized spacial score (nSPS) is 17.5. The maximum Gasteiger partial charge on any atom is 0.337 e. The summed E-state index contributed by atoms with van der Waals surface area (Å²) in [6.07, 6.45) is 0.787. The molecule has 1 fully saturated rings. The van der Waals surface area contributed by atoms with E-state index in [4.69, 9.17) is 9.47 Å². The Morgan fingerprint density at radius 1 is 0.914 bits per heavy atom. The van der Waals surface area contributed by atoms with E-state index in [9.17, 15) is 9.59 Å². The first kappa shape index (κ1) is 25.0. The van der Waals surface area contributed by atoms with Gasteiger partial charge in [-0.3, -0.25) is 4.79 Å². The summed E-state index contributed by atoms with van der Waals surface area (Å²) in [5.74, 6) is 1.48. The molecule has 0 saturated carbocycles. The number of likely N-dealkylation sites (tertiary alicyclic amines) is 1. The highest BCUT2D eigenvalue weighted by Gasteiger charge is 2.39. The predicted molar refractivity (Wildman–Crippen MR) is 139 cm³/mol. The number of carbonyl (C=O) groups excluding carboxylic acids is 2. The van der Waals surface area contributed by atoms with E-state index in [0.29, 0.717) is 25.3 Å². The topological polar surface area (TPSA) is 55.8 Å². The van der Waals surface area contributed by atoms with E-state index in [1.165, 1.54) is 12.7 Å². The third kappa shape index (κ3) is 6.96. The van der Waals surface area contributed by atoms with Gasteiger partial charge < -0.3 is 14.4 Å². The first-order chi connectivity index (χ1) is 17.1. The third-order valence-electron chi connectivity index (χ3n) is 6.21. The number of ether oxygens (including phenoxy) is 2.